The average molecular weight is 462 g/mol. The molecular weight excluding hydrogens is 438 g/mol. The molecule has 2 amide bonds. The molecule has 1 aliphatic carbocycles. The molecule has 1 aromatic carbocycles. The molecule has 2 aromatic heterocycles. The zero-order valence-electron chi connectivity index (χ0n) is 17.8. The van der Waals surface area contributed by atoms with Gasteiger partial charge in [0.2, 0.25) is 0 Å². The molecule has 2 aliphatic rings. The zero-order valence-corrected chi connectivity index (χ0v) is 19.4. The summed E-state index contributed by atoms with van der Waals surface area (Å²) < 4.78 is 4.06. The number of thiophene rings is 1. The maximum Gasteiger partial charge on any atom is 0.329 e. The van der Waals surface area contributed by atoms with Gasteiger partial charge in [-0.15, -0.1) is 11.3 Å². The third-order valence-corrected chi connectivity index (χ3v) is 8.06. The molecule has 5 rings (SSSR count). The molecule has 8 heteroatoms. The molecule has 6 nitrogen and oxygen atoms in total. The Labute approximate surface area is 195 Å². The minimum absolute atomic E-state index is 0.241. The molecular formula is C24H23N5OS2. The molecule has 0 saturated heterocycles. The topological polar surface area (TPSA) is 81.1 Å². The number of nitriles is 1. The number of anilines is 1. The van der Waals surface area contributed by atoms with Crippen molar-refractivity contribution in [1.29, 1.82) is 5.26 Å². The van der Waals surface area contributed by atoms with E-state index in [4.69, 9.17) is 0 Å². The van der Waals surface area contributed by atoms with E-state index in [9.17, 15) is 10.1 Å². The van der Waals surface area contributed by atoms with E-state index in [0.29, 0.717) is 5.69 Å². The molecule has 1 aliphatic heterocycles. The predicted molar refractivity (Wildman–Crippen MR) is 129 cm³/mol. The minimum Gasteiger partial charge on any atom is -0.306 e. The third-order valence-electron chi connectivity index (χ3n) is 6.00. The van der Waals surface area contributed by atoms with Crippen LogP contribution in [0.4, 0.5) is 10.5 Å². The number of amides is 2. The number of aryl methyl sites for hydroxylation is 1. The summed E-state index contributed by atoms with van der Waals surface area (Å²) >= 11 is 3.12. The van der Waals surface area contributed by atoms with E-state index in [1.54, 1.807) is 23.6 Å². The number of likely N-dealkylation sites (N-methyl/N-ethyl adjacent to an activating group) is 1. The molecule has 0 atom stereocenters. The first-order chi connectivity index (χ1) is 15.6. The van der Waals surface area contributed by atoms with Crippen molar-refractivity contribution >= 4 is 35.0 Å². The molecule has 32 heavy (non-hydrogen) atoms. The highest BCUT2D eigenvalue weighted by molar-refractivity contribution is 7.99. The van der Waals surface area contributed by atoms with Gasteiger partial charge in [0.1, 0.15) is 11.8 Å². The van der Waals surface area contributed by atoms with Crippen molar-refractivity contribution in [1.82, 2.24) is 14.6 Å². The van der Waals surface area contributed by atoms with Crippen LogP contribution in [0.15, 0.2) is 40.7 Å². The number of aromatic nitrogens is 1. The highest BCUT2D eigenvalue weighted by Gasteiger charge is 2.21. The highest BCUT2D eigenvalue weighted by atomic mass is 32.2. The monoisotopic (exact) mass is 461 g/mol. The fraction of sp³-hybridized carbons (Fsp3) is 0.292. The number of fused-ring (bicyclic) bond motifs is 2. The van der Waals surface area contributed by atoms with Gasteiger partial charge < -0.3 is 10.2 Å². The van der Waals surface area contributed by atoms with Crippen molar-refractivity contribution < 1.29 is 4.79 Å². The van der Waals surface area contributed by atoms with Gasteiger partial charge >= 0.3 is 6.03 Å². The van der Waals surface area contributed by atoms with E-state index < -0.39 is 0 Å². The number of urea groups is 1. The largest absolute Gasteiger partial charge is 0.329 e. The number of benzene rings is 1. The van der Waals surface area contributed by atoms with E-state index in [1.807, 2.05) is 12.1 Å². The van der Waals surface area contributed by atoms with E-state index in [2.05, 4.69) is 45.2 Å². The second-order valence-corrected chi connectivity index (χ2v) is 10.4. The Morgan fingerprint density at radius 2 is 2.12 bits per heavy atom. The van der Waals surface area contributed by atoms with Crippen LogP contribution in [0, 0.1) is 11.3 Å². The lowest BCUT2D eigenvalue weighted by atomic mass is 9.97. The normalized spacial score (nSPS) is 15.0. The molecule has 2 N–H and O–H groups in total. The maximum atomic E-state index is 12.9. The van der Waals surface area contributed by atoms with Gasteiger partial charge in [0, 0.05) is 29.7 Å². The maximum absolute atomic E-state index is 12.9. The van der Waals surface area contributed by atoms with Crippen LogP contribution >= 0.6 is 23.3 Å². The molecule has 3 heterocycles. The highest BCUT2D eigenvalue weighted by Crippen LogP contribution is 2.38. The van der Waals surface area contributed by atoms with E-state index >= 15 is 0 Å². The van der Waals surface area contributed by atoms with Crippen LogP contribution in [-0.2, 0) is 25.8 Å². The summed E-state index contributed by atoms with van der Waals surface area (Å²) in [5.41, 5.74) is 6.85. The van der Waals surface area contributed by atoms with Gasteiger partial charge in [-0.3, -0.25) is 4.72 Å². The Kier molecular flexibility index (Phi) is 5.87. The lowest BCUT2D eigenvalue weighted by molar-refractivity contribution is 0.257. The fourth-order valence-corrected chi connectivity index (χ4v) is 6.48. The van der Waals surface area contributed by atoms with Gasteiger partial charge in [-0.1, -0.05) is 12.1 Å². The van der Waals surface area contributed by atoms with E-state index in [-0.39, 0.29) is 6.03 Å². The summed E-state index contributed by atoms with van der Waals surface area (Å²) in [6.07, 6.45) is 5.74. The first-order valence-electron chi connectivity index (χ1n) is 10.7. The third kappa shape index (κ3) is 4.24. The van der Waals surface area contributed by atoms with Gasteiger partial charge in [-0.2, -0.15) is 5.26 Å². The number of rotatable bonds is 4. The smallest absolute Gasteiger partial charge is 0.306 e. The average Bonchev–Trinajstić information content (AvgIpc) is 3.44. The molecule has 0 bridgehead atoms. The van der Waals surface area contributed by atoms with Crippen LogP contribution in [0.25, 0.3) is 11.1 Å². The number of carbonyl (C=O) groups excluding carboxylic acids is 1. The molecule has 162 valence electrons. The summed E-state index contributed by atoms with van der Waals surface area (Å²) in [5, 5.41) is 12.3. The van der Waals surface area contributed by atoms with Gasteiger partial charge in [-0.25, -0.2) is 9.78 Å². The van der Waals surface area contributed by atoms with Crippen molar-refractivity contribution in [2.75, 3.05) is 18.9 Å². The quantitative estimate of drug-likeness (QED) is 0.535. The van der Waals surface area contributed by atoms with Gasteiger partial charge in [0.25, 0.3) is 0 Å². The van der Waals surface area contributed by atoms with Crippen LogP contribution < -0.4 is 10.0 Å². The van der Waals surface area contributed by atoms with E-state index in [0.717, 1.165) is 59.8 Å². The van der Waals surface area contributed by atoms with Crippen molar-refractivity contribution in [3.05, 3.63) is 63.8 Å². The van der Waals surface area contributed by atoms with Crippen molar-refractivity contribution in [3.63, 3.8) is 0 Å². The van der Waals surface area contributed by atoms with Gasteiger partial charge in [0.15, 0.2) is 0 Å². The standard InChI is InChI=1S/C24H23N5OS2/c1-29-10-8-17-12-22(31-21(17)14-29)32-28-24(30)27-23-19-4-2-3-15(19)5-6-20(23)16-7-9-26-18(11-16)13-25/h5-7,9,11-12H,2-4,8,10,14H2,1H3,(H2,27,28,30). The number of nitrogens with zero attached hydrogens (tertiary/aromatic N) is 3. The Bertz CT molecular complexity index is 1230. The molecule has 0 fully saturated rings. The Morgan fingerprint density at radius 3 is 3.00 bits per heavy atom. The second-order valence-electron chi connectivity index (χ2n) is 8.18. The van der Waals surface area contributed by atoms with Crippen molar-refractivity contribution in [2.24, 2.45) is 0 Å². The predicted octanol–water partition coefficient (Wildman–Crippen LogP) is 4.99. The van der Waals surface area contributed by atoms with Crippen molar-refractivity contribution in [3.8, 4) is 17.2 Å². The Balaban J connectivity index is 1.36. The lowest BCUT2D eigenvalue weighted by Crippen LogP contribution is -2.24. The fourth-order valence-electron chi connectivity index (χ4n) is 4.42. The van der Waals surface area contributed by atoms with Crippen LogP contribution in [0.5, 0.6) is 0 Å². The van der Waals surface area contributed by atoms with Gasteiger partial charge in [-0.05, 0) is 85.1 Å². The number of hydrogen-bond donors (Lipinski definition) is 2. The van der Waals surface area contributed by atoms with Crippen LogP contribution in [-0.4, -0.2) is 29.5 Å². The first-order valence-corrected chi connectivity index (χ1v) is 12.3. The summed E-state index contributed by atoms with van der Waals surface area (Å²) in [5.74, 6) is 0. The number of pyridine rings is 1. The summed E-state index contributed by atoms with van der Waals surface area (Å²) in [6.45, 7) is 2.05. The van der Waals surface area contributed by atoms with Gasteiger partial charge in [0.05, 0.1) is 9.90 Å². The lowest BCUT2D eigenvalue weighted by Gasteiger charge is -2.21. The molecule has 0 radical (unpaired) electrons. The summed E-state index contributed by atoms with van der Waals surface area (Å²) in [6, 6.07) is 11.9. The number of nitrogens with one attached hydrogen (secondary N) is 2. The molecule has 0 unspecified atom stereocenters. The molecule has 3 aromatic rings. The summed E-state index contributed by atoms with van der Waals surface area (Å²) in [4.78, 5) is 20.7. The van der Waals surface area contributed by atoms with Crippen LogP contribution in [0.2, 0.25) is 0 Å². The number of hydrogen-bond acceptors (Lipinski definition) is 6. The first kappa shape index (κ1) is 21.0. The Morgan fingerprint density at radius 1 is 1.22 bits per heavy atom. The molecule has 0 saturated carbocycles. The zero-order chi connectivity index (χ0) is 22.1. The van der Waals surface area contributed by atoms with Crippen LogP contribution in [0.1, 0.15) is 33.7 Å². The Hall–Kier alpha value is -2.86. The summed E-state index contributed by atoms with van der Waals surface area (Å²) in [7, 11) is 2.14. The molecule has 0 spiro atoms. The minimum atomic E-state index is -0.241. The van der Waals surface area contributed by atoms with E-state index in [1.165, 1.54) is 33.5 Å². The van der Waals surface area contributed by atoms with Crippen LogP contribution in [0.3, 0.4) is 0 Å². The second kappa shape index (κ2) is 8.94. The van der Waals surface area contributed by atoms with Crippen molar-refractivity contribution in [2.45, 2.75) is 36.4 Å². The number of carbonyl (C=O) groups is 1. The SMILES string of the molecule is CN1CCc2cc(SNC(=O)Nc3c(-c4ccnc(C#N)c4)ccc4c3CCC4)sc2C1.